The van der Waals surface area contributed by atoms with E-state index in [0.29, 0.717) is 32.5 Å². The number of carbonyl (C=O) groups is 2. The molecule has 0 N–H and O–H groups in total. The van der Waals surface area contributed by atoms with Crippen molar-refractivity contribution in [1.29, 1.82) is 0 Å². The maximum Gasteiger partial charge on any atom is 0.316 e. The fraction of sp³-hybridized carbons (Fsp3) is 0.647. The summed E-state index contributed by atoms with van der Waals surface area (Å²) in [5.74, 6) is -0.339. The van der Waals surface area contributed by atoms with Gasteiger partial charge in [0.25, 0.3) is 0 Å². The van der Waals surface area contributed by atoms with E-state index in [0.717, 1.165) is 31.8 Å². The van der Waals surface area contributed by atoms with E-state index in [1.807, 2.05) is 4.90 Å². The van der Waals surface area contributed by atoms with Crippen LogP contribution in [0.2, 0.25) is 0 Å². The second-order valence-electron chi connectivity index (χ2n) is 6.63. The normalized spacial score (nSPS) is 21.9. The highest BCUT2D eigenvalue weighted by Crippen LogP contribution is 2.23. The van der Waals surface area contributed by atoms with Crippen LogP contribution in [0, 0.1) is 11.7 Å². The van der Waals surface area contributed by atoms with Crippen molar-refractivity contribution >= 4 is 11.8 Å². The lowest BCUT2D eigenvalue weighted by Gasteiger charge is -2.37. The van der Waals surface area contributed by atoms with Crippen molar-refractivity contribution in [2.75, 3.05) is 26.2 Å². The number of hydrogen-bond acceptors (Lipinski definition) is 5. The molecule has 1 unspecified atom stereocenters. The van der Waals surface area contributed by atoms with Crippen molar-refractivity contribution < 1.29 is 18.7 Å². The molecular weight excluding hydrogens is 327 g/mol. The van der Waals surface area contributed by atoms with Gasteiger partial charge >= 0.3 is 6.01 Å². The number of piperidine rings is 2. The third kappa shape index (κ3) is 4.43. The van der Waals surface area contributed by atoms with Crippen molar-refractivity contribution in [3.63, 3.8) is 0 Å². The summed E-state index contributed by atoms with van der Waals surface area (Å²) in [5, 5.41) is 0. The average Bonchev–Trinajstić information content (AvgIpc) is 2.63. The summed E-state index contributed by atoms with van der Waals surface area (Å²) < 4.78 is 18.5. The Morgan fingerprint density at radius 3 is 2.44 bits per heavy atom. The molecule has 1 aromatic heterocycles. The molecular formula is C17H23FN4O3. The van der Waals surface area contributed by atoms with Crippen LogP contribution in [0.1, 0.15) is 32.6 Å². The molecule has 2 aliphatic heterocycles. The summed E-state index contributed by atoms with van der Waals surface area (Å²) in [6, 6.07) is 0.135. The number of ether oxygens (including phenoxy) is 1. The first-order chi connectivity index (χ1) is 12.0. The van der Waals surface area contributed by atoms with Crippen molar-refractivity contribution in [3.8, 4) is 6.01 Å². The summed E-state index contributed by atoms with van der Waals surface area (Å²) in [6.07, 6.45) is 5.04. The van der Waals surface area contributed by atoms with Crippen molar-refractivity contribution in [3.05, 3.63) is 18.2 Å². The van der Waals surface area contributed by atoms with Crippen molar-refractivity contribution in [1.82, 2.24) is 19.8 Å². The molecule has 0 aliphatic carbocycles. The first-order valence-electron chi connectivity index (χ1n) is 8.71. The summed E-state index contributed by atoms with van der Waals surface area (Å²) in [4.78, 5) is 35.4. The van der Waals surface area contributed by atoms with E-state index in [4.69, 9.17) is 4.74 Å². The summed E-state index contributed by atoms with van der Waals surface area (Å²) >= 11 is 0. The second-order valence-corrected chi connectivity index (χ2v) is 6.63. The zero-order chi connectivity index (χ0) is 17.8. The topological polar surface area (TPSA) is 75.6 Å². The third-order valence-corrected chi connectivity index (χ3v) is 4.85. The molecule has 0 aromatic carbocycles. The van der Waals surface area contributed by atoms with Crippen LogP contribution >= 0.6 is 0 Å². The molecule has 1 aromatic rings. The molecule has 7 nitrogen and oxygen atoms in total. The molecule has 8 heteroatoms. The lowest BCUT2D eigenvalue weighted by Crippen LogP contribution is -2.49. The minimum atomic E-state index is -0.510. The molecule has 3 rings (SSSR count). The van der Waals surface area contributed by atoms with Gasteiger partial charge in [-0.2, -0.15) is 0 Å². The molecule has 0 spiro atoms. The van der Waals surface area contributed by atoms with E-state index in [9.17, 15) is 14.0 Å². The Morgan fingerprint density at radius 2 is 1.80 bits per heavy atom. The number of carbonyl (C=O) groups excluding carboxylic acids is 2. The lowest BCUT2D eigenvalue weighted by atomic mass is 9.94. The van der Waals surface area contributed by atoms with E-state index < -0.39 is 5.82 Å². The number of nitrogens with zero attached hydrogens (tertiary/aromatic N) is 4. The van der Waals surface area contributed by atoms with Gasteiger partial charge in [-0.15, -0.1) is 0 Å². The van der Waals surface area contributed by atoms with E-state index in [-0.39, 0.29) is 29.8 Å². The average molecular weight is 350 g/mol. The zero-order valence-electron chi connectivity index (χ0n) is 14.4. The van der Waals surface area contributed by atoms with Crippen LogP contribution in [0.15, 0.2) is 12.4 Å². The van der Waals surface area contributed by atoms with Crippen LogP contribution < -0.4 is 4.74 Å². The fourth-order valence-corrected chi connectivity index (χ4v) is 3.44. The van der Waals surface area contributed by atoms with Crippen LogP contribution in [0.5, 0.6) is 6.01 Å². The van der Waals surface area contributed by atoms with Crippen molar-refractivity contribution in [2.24, 2.45) is 5.92 Å². The minimum Gasteiger partial charge on any atom is -0.458 e. The molecule has 2 fully saturated rings. The van der Waals surface area contributed by atoms with Crippen LogP contribution in [-0.4, -0.2) is 63.9 Å². The molecule has 2 aliphatic rings. The Bertz CT molecular complexity index is 617. The number of aromatic nitrogens is 2. The van der Waals surface area contributed by atoms with Gasteiger partial charge in [0.15, 0.2) is 5.82 Å². The predicted octanol–water partition coefficient (Wildman–Crippen LogP) is 1.24. The van der Waals surface area contributed by atoms with Gasteiger partial charge in [0.05, 0.1) is 18.9 Å². The monoisotopic (exact) mass is 350 g/mol. The Balaban J connectivity index is 1.53. The first-order valence-corrected chi connectivity index (χ1v) is 8.71. The van der Waals surface area contributed by atoms with Gasteiger partial charge in [0.1, 0.15) is 6.10 Å². The quantitative estimate of drug-likeness (QED) is 0.820. The highest BCUT2D eigenvalue weighted by molar-refractivity contribution is 5.80. The molecule has 2 amide bonds. The van der Waals surface area contributed by atoms with Crippen LogP contribution in [0.4, 0.5) is 4.39 Å². The molecule has 0 saturated carbocycles. The smallest absolute Gasteiger partial charge is 0.316 e. The van der Waals surface area contributed by atoms with Crippen LogP contribution in [0.3, 0.4) is 0 Å². The Morgan fingerprint density at radius 1 is 1.12 bits per heavy atom. The fourth-order valence-electron chi connectivity index (χ4n) is 3.44. The number of halogens is 1. The van der Waals surface area contributed by atoms with Gasteiger partial charge in [-0.05, 0) is 25.7 Å². The van der Waals surface area contributed by atoms with Crippen LogP contribution in [-0.2, 0) is 9.59 Å². The standard InChI is InChI=1S/C17H23FN4O3/c1-12(23)21-7-4-13(5-8-21)16(24)22-6-2-3-15(11-22)25-17-19-9-14(18)10-20-17/h9-10,13,15H,2-8,11H2,1H3. The highest BCUT2D eigenvalue weighted by atomic mass is 19.1. The molecule has 136 valence electrons. The van der Waals surface area contributed by atoms with E-state index in [2.05, 4.69) is 9.97 Å². The largest absolute Gasteiger partial charge is 0.458 e. The lowest BCUT2D eigenvalue weighted by molar-refractivity contribution is -0.142. The van der Waals surface area contributed by atoms with Gasteiger partial charge in [-0.3, -0.25) is 9.59 Å². The van der Waals surface area contributed by atoms with Gasteiger partial charge in [-0.1, -0.05) is 0 Å². The van der Waals surface area contributed by atoms with Crippen molar-refractivity contribution in [2.45, 2.75) is 38.7 Å². The van der Waals surface area contributed by atoms with Gasteiger partial charge < -0.3 is 14.5 Å². The number of likely N-dealkylation sites (tertiary alicyclic amines) is 2. The van der Waals surface area contributed by atoms with E-state index in [1.165, 1.54) is 0 Å². The Labute approximate surface area is 146 Å². The SMILES string of the molecule is CC(=O)N1CCC(C(=O)N2CCCC(Oc3ncc(F)cn3)C2)CC1. The minimum absolute atomic E-state index is 0.0311. The zero-order valence-corrected chi connectivity index (χ0v) is 14.4. The van der Waals surface area contributed by atoms with Gasteiger partial charge in [-0.25, -0.2) is 14.4 Å². The molecule has 1 atom stereocenters. The summed E-state index contributed by atoms with van der Waals surface area (Å²) in [5.41, 5.74) is 0. The maximum atomic E-state index is 12.9. The molecule has 0 bridgehead atoms. The predicted molar refractivity (Wildman–Crippen MR) is 87.2 cm³/mol. The van der Waals surface area contributed by atoms with E-state index >= 15 is 0 Å². The molecule has 3 heterocycles. The number of hydrogen-bond donors (Lipinski definition) is 0. The maximum absolute atomic E-state index is 12.9. The summed E-state index contributed by atoms with van der Waals surface area (Å²) in [7, 11) is 0. The van der Waals surface area contributed by atoms with Gasteiger partial charge in [0, 0.05) is 32.5 Å². The molecule has 0 radical (unpaired) electrons. The molecule has 25 heavy (non-hydrogen) atoms. The molecule has 2 saturated heterocycles. The van der Waals surface area contributed by atoms with E-state index in [1.54, 1.807) is 11.8 Å². The summed E-state index contributed by atoms with van der Waals surface area (Å²) in [6.45, 7) is 4.06. The van der Waals surface area contributed by atoms with Crippen LogP contribution in [0.25, 0.3) is 0 Å². The first kappa shape index (κ1) is 17.6. The Kier molecular flexibility index (Phi) is 5.45. The third-order valence-electron chi connectivity index (χ3n) is 4.85. The highest BCUT2D eigenvalue weighted by Gasteiger charge is 2.32. The number of rotatable bonds is 3. The second kappa shape index (κ2) is 7.76. The Hall–Kier alpha value is -2.25. The number of amides is 2. The van der Waals surface area contributed by atoms with Gasteiger partial charge in [0.2, 0.25) is 11.8 Å².